The SMILES string of the molecule is CCCNCC(OCCOCC(C)C)c1cccc(Cl)c1. The van der Waals surface area contributed by atoms with Crippen LogP contribution in [0.1, 0.15) is 38.9 Å². The molecule has 1 N–H and O–H groups in total. The normalized spacial score (nSPS) is 12.8. The Morgan fingerprint density at radius 1 is 1.24 bits per heavy atom. The van der Waals surface area contributed by atoms with Crippen molar-refractivity contribution >= 4 is 11.6 Å². The van der Waals surface area contributed by atoms with Crippen molar-refractivity contribution in [2.45, 2.75) is 33.3 Å². The number of benzene rings is 1. The van der Waals surface area contributed by atoms with E-state index in [1.165, 1.54) is 0 Å². The van der Waals surface area contributed by atoms with Gasteiger partial charge in [-0.3, -0.25) is 0 Å². The van der Waals surface area contributed by atoms with Crippen LogP contribution >= 0.6 is 11.6 Å². The third-order valence-corrected chi connectivity index (χ3v) is 3.21. The lowest BCUT2D eigenvalue weighted by Gasteiger charge is -2.19. The highest BCUT2D eigenvalue weighted by Crippen LogP contribution is 2.20. The maximum absolute atomic E-state index is 6.07. The van der Waals surface area contributed by atoms with Gasteiger partial charge in [-0.25, -0.2) is 0 Å². The fraction of sp³-hybridized carbons (Fsp3) is 0.647. The summed E-state index contributed by atoms with van der Waals surface area (Å²) in [5.74, 6) is 0.556. The molecule has 0 aromatic heterocycles. The van der Waals surface area contributed by atoms with Crippen LogP contribution in [0.3, 0.4) is 0 Å². The van der Waals surface area contributed by atoms with Gasteiger partial charge in [-0.1, -0.05) is 44.5 Å². The maximum atomic E-state index is 6.07. The van der Waals surface area contributed by atoms with Crippen LogP contribution < -0.4 is 5.32 Å². The Labute approximate surface area is 134 Å². The van der Waals surface area contributed by atoms with E-state index in [4.69, 9.17) is 21.1 Å². The molecule has 0 saturated carbocycles. The van der Waals surface area contributed by atoms with Crippen LogP contribution in [-0.4, -0.2) is 32.9 Å². The summed E-state index contributed by atoms with van der Waals surface area (Å²) in [6.45, 7) is 10.2. The van der Waals surface area contributed by atoms with Crippen LogP contribution in [0.5, 0.6) is 0 Å². The number of nitrogens with one attached hydrogen (secondary N) is 1. The van der Waals surface area contributed by atoms with Crippen LogP contribution in [0.25, 0.3) is 0 Å². The molecule has 21 heavy (non-hydrogen) atoms. The van der Waals surface area contributed by atoms with E-state index in [0.717, 1.165) is 36.7 Å². The summed E-state index contributed by atoms with van der Waals surface area (Å²) >= 11 is 6.07. The molecule has 120 valence electrons. The van der Waals surface area contributed by atoms with Crippen molar-refractivity contribution in [1.82, 2.24) is 5.32 Å². The Hall–Kier alpha value is -0.610. The zero-order chi connectivity index (χ0) is 15.5. The van der Waals surface area contributed by atoms with Gasteiger partial charge in [0, 0.05) is 18.2 Å². The molecule has 0 bridgehead atoms. The van der Waals surface area contributed by atoms with Crippen LogP contribution in [0, 0.1) is 5.92 Å². The van der Waals surface area contributed by atoms with E-state index in [2.05, 4.69) is 32.2 Å². The minimum atomic E-state index is 0.0119. The van der Waals surface area contributed by atoms with Gasteiger partial charge in [0.25, 0.3) is 0 Å². The predicted molar refractivity (Wildman–Crippen MR) is 89.0 cm³/mol. The molecule has 1 rings (SSSR count). The van der Waals surface area contributed by atoms with Crippen molar-refractivity contribution in [3.05, 3.63) is 34.9 Å². The van der Waals surface area contributed by atoms with Crippen molar-refractivity contribution in [1.29, 1.82) is 0 Å². The standard InChI is InChI=1S/C17H28ClNO2/c1-4-8-19-12-17(15-6-5-7-16(18)11-15)21-10-9-20-13-14(2)3/h5-7,11,14,17,19H,4,8-10,12-13H2,1-3H3. The largest absolute Gasteiger partial charge is 0.379 e. The molecule has 4 heteroatoms. The predicted octanol–water partition coefficient (Wildman–Crippen LogP) is 4.07. The van der Waals surface area contributed by atoms with Crippen molar-refractivity contribution in [3.8, 4) is 0 Å². The molecule has 1 aromatic rings. The van der Waals surface area contributed by atoms with E-state index in [-0.39, 0.29) is 6.10 Å². The first-order valence-corrected chi connectivity index (χ1v) is 8.16. The lowest BCUT2D eigenvalue weighted by Crippen LogP contribution is -2.25. The number of hydrogen-bond donors (Lipinski definition) is 1. The van der Waals surface area contributed by atoms with Gasteiger partial charge in [-0.15, -0.1) is 0 Å². The van der Waals surface area contributed by atoms with Gasteiger partial charge < -0.3 is 14.8 Å². The van der Waals surface area contributed by atoms with Crippen LogP contribution in [-0.2, 0) is 9.47 Å². The minimum Gasteiger partial charge on any atom is -0.379 e. The molecule has 0 saturated heterocycles. The van der Waals surface area contributed by atoms with Crippen LogP contribution in [0.4, 0.5) is 0 Å². The second-order valence-electron chi connectivity index (χ2n) is 5.59. The van der Waals surface area contributed by atoms with E-state index in [9.17, 15) is 0 Å². The highest BCUT2D eigenvalue weighted by Gasteiger charge is 2.12. The molecule has 0 aliphatic heterocycles. The first-order chi connectivity index (χ1) is 10.1. The molecule has 0 fully saturated rings. The summed E-state index contributed by atoms with van der Waals surface area (Å²) in [4.78, 5) is 0. The molecule has 1 atom stereocenters. The van der Waals surface area contributed by atoms with E-state index in [1.807, 2.05) is 18.2 Å². The van der Waals surface area contributed by atoms with Crippen LogP contribution in [0.2, 0.25) is 5.02 Å². The van der Waals surface area contributed by atoms with Gasteiger partial charge >= 0.3 is 0 Å². The maximum Gasteiger partial charge on any atom is 0.0950 e. The van der Waals surface area contributed by atoms with Gasteiger partial charge in [0.05, 0.1) is 19.3 Å². The fourth-order valence-electron chi connectivity index (χ4n) is 1.96. The Morgan fingerprint density at radius 2 is 2.05 bits per heavy atom. The molecular formula is C17H28ClNO2. The average molecular weight is 314 g/mol. The monoisotopic (exact) mass is 313 g/mol. The Balaban J connectivity index is 2.44. The molecule has 0 aliphatic rings. The van der Waals surface area contributed by atoms with E-state index < -0.39 is 0 Å². The van der Waals surface area contributed by atoms with Gasteiger partial charge in [-0.2, -0.15) is 0 Å². The van der Waals surface area contributed by atoms with Gasteiger partial charge in [0.2, 0.25) is 0 Å². The summed E-state index contributed by atoms with van der Waals surface area (Å²) in [6, 6.07) is 7.87. The summed E-state index contributed by atoms with van der Waals surface area (Å²) in [6.07, 6.45) is 1.12. The smallest absolute Gasteiger partial charge is 0.0950 e. The third kappa shape index (κ3) is 8.42. The second kappa shape index (κ2) is 11.0. The summed E-state index contributed by atoms with van der Waals surface area (Å²) in [7, 11) is 0. The zero-order valence-electron chi connectivity index (χ0n) is 13.4. The first kappa shape index (κ1) is 18.4. The molecule has 0 radical (unpaired) electrons. The van der Waals surface area contributed by atoms with Gasteiger partial charge in [0.15, 0.2) is 0 Å². The summed E-state index contributed by atoms with van der Waals surface area (Å²) < 4.78 is 11.5. The van der Waals surface area contributed by atoms with E-state index in [1.54, 1.807) is 0 Å². The lowest BCUT2D eigenvalue weighted by molar-refractivity contribution is -0.00123. The average Bonchev–Trinajstić information content (AvgIpc) is 2.45. The fourth-order valence-corrected chi connectivity index (χ4v) is 2.16. The van der Waals surface area contributed by atoms with Crippen molar-refractivity contribution in [2.24, 2.45) is 5.92 Å². The minimum absolute atomic E-state index is 0.0119. The molecule has 3 nitrogen and oxygen atoms in total. The highest BCUT2D eigenvalue weighted by atomic mass is 35.5. The van der Waals surface area contributed by atoms with Crippen molar-refractivity contribution in [3.63, 3.8) is 0 Å². The first-order valence-electron chi connectivity index (χ1n) is 7.79. The molecule has 0 aliphatic carbocycles. The van der Waals surface area contributed by atoms with Gasteiger partial charge in [-0.05, 0) is 36.6 Å². The van der Waals surface area contributed by atoms with E-state index in [0.29, 0.717) is 19.1 Å². The Bertz CT molecular complexity index is 385. The number of halogens is 1. The molecule has 1 aromatic carbocycles. The van der Waals surface area contributed by atoms with Gasteiger partial charge in [0.1, 0.15) is 0 Å². The number of hydrogen-bond acceptors (Lipinski definition) is 3. The van der Waals surface area contributed by atoms with E-state index >= 15 is 0 Å². The lowest BCUT2D eigenvalue weighted by atomic mass is 10.1. The highest BCUT2D eigenvalue weighted by molar-refractivity contribution is 6.30. The zero-order valence-corrected chi connectivity index (χ0v) is 14.2. The van der Waals surface area contributed by atoms with Crippen molar-refractivity contribution < 1.29 is 9.47 Å². The molecule has 0 amide bonds. The van der Waals surface area contributed by atoms with Crippen molar-refractivity contribution in [2.75, 3.05) is 32.9 Å². The Morgan fingerprint density at radius 3 is 2.71 bits per heavy atom. The number of ether oxygens (including phenoxy) is 2. The Kier molecular flexibility index (Phi) is 9.68. The summed E-state index contributed by atoms with van der Waals surface area (Å²) in [5, 5.41) is 4.15. The molecule has 1 unspecified atom stereocenters. The van der Waals surface area contributed by atoms with Crippen LogP contribution in [0.15, 0.2) is 24.3 Å². The second-order valence-corrected chi connectivity index (χ2v) is 6.02. The number of rotatable bonds is 11. The quantitative estimate of drug-likeness (QED) is 0.625. The molecular weight excluding hydrogens is 286 g/mol. The molecule has 0 spiro atoms. The topological polar surface area (TPSA) is 30.5 Å². The molecule has 0 heterocycles. The third-order valence-electron chi connectivity index (χ3n) is 2.97. The summed E-state index contributed by atoms with van der Waals surface area (Å²) in [5.41, 5.74) is 1.11.